The van der Waals surface area contributed by atoms with Crippen LogP contribution in [0.25, 0.3) is 0 Å². The fourth-order valence-corrected chi connectivity index (χ4v) is 1.50. The zero-order chi connectivity index (χ0) is 11.8. The molecule has 0 radical (unpaired) electrons. The summed E-state index contributed by atoms with van der Waals surface area (Å²) in [6.07, 6.45) is 5.88. The van der Waals surface area contributed by atoms with E-state index in [4.69, 9.17) is 6.42 Å². The smallest absolute Gasteiger partial charge is 0.131 e. The van der Waals surface area contributed by atoms with Gasteiger partial charge in [0.15, 0.2) is 0 Å². The van der Waals surface area contributed by atoms with Gasteiger partial charge < -0.3 is 0 Å². The molecule has 0 heterocycles. The third kappa shape index (κ3) is 4.77. The third-order valence-electron chi connectivity index (χ3n) is 2.34. The molecular formula is C14H17NO. The molecule has 1 aromatic carbocycles. The maximum absolute atomic E-state index is 10.9. The van der Waals surface area contributed by atoms with E-state index >= 15 is 0 Å². The highest BCUT2D eigenvalue weighted by molar-refractivity contribution is 5.75. The Morgan fingerprint density at radius 2 is 2.06 bits per heavy atom. The third-order valence-corrected chi connectivity index (χ3v) is 2.34. The summed E-state index contributed by atoms with van der Waals surface area (Å²) in [6.45, 7) is 3.73. The van der Waals surface area contributed by atoms with Crippen LogP contribution in [0.2, 0.25) is 0 Å². The first-order valence-electron chi connectivity index (χ1n) is 5.41. The van der Waals surface area contributed by atoms with Gasteiger partial charge in [0.25, 0.3) is 0 Å². The molecule has 2 nitrogen and oxygen atoms in total. The van der Waals surface area contributed by atoms with Crippen LogP contribution in [0.5, 0.6) is 0 Å². The van der Waals surface area contributed by atoms with Crippen molar-refractivity contribution >= 4 is 5.78 Å². The summed E-state index contributed by atoms with van der Waals surface area (Å²) in [7, 11) is 0. The van der Waals surface area contributed by atoms with E-state index in [0.717, 1.165) is 13.1 Å². The quantitative estimate of drug-likeness (QED) is 0.677. The van der Waals surface area contributed by atoms with Crippen molar-refractivity contribution in [2.75, 3.05) is 13.1 Å². The number of carbonyl (C=O) groups is 1. The lowest BCUT2D eigenvalue weighted by molar-refractivity contribution is -0.117. The van der Waals surface area contributed by atoms with Crippen molar-refractivity contribution in [1.82, 2.24) is 4.90 Å². The SMILES string of the molecule is C#CCN(CCC(C)=O)Cc1ccccc1. The second kappa shape index (κ2) is 6.81. The number of nitrogens with zero attached hydrogens (tertiary/aromatic N) is 1. The summed E-state index contributed by atoms with van der Waals surface area (Å²) < 4.78 is 0. The highest BCUT2D eigenvalue weighted by Crippen LogP contribution is 2.04. The van der Waals surface area contributed by atoms with E-state index in [1.54, 1.807) is 6.92 Å². The lowest BCUT2D eigenvalue weighted by Crippen LogP contribution is -2.26. The number of Topliss-reactive ketones (excluding diaryl/α,β-unsaturated/α-hetero) is 1. The minimum absolute atomic E-state index is 0.204. The van der Waals surface area contributed by atoms with Crippen molar-refractivity contribution in [2.24, 2.45) is 0 Å². The molecule has 2 heteroatoms. The van der Waals surface area contributed by atoms with Crippen LogP contribution in [0.4, 0.5) is 0 Å². The summed E-state index contributed by atoms with van der Waals surface area (Å²) in [4.78, 5) is 13.0. The largest absolute Gasteiger partial charge is 0.300 e. The number of ketones is 1. The molecule has 0 fully saturated rings. The molecule has 0 atom stereocenters. The zero-order valence-corrected chi connectivity index (χ0v) is 9.65. The Hall–Kier alpha value is -1.59. The Labute approximate surface area is 97.3 Å². The summed E-state index contributed by atoms with van der Waals surface area (Å²) in [5.41, 5.74) is 1.22. The van der Waals surface area contributed by atoms with Crippen LogP contribution in [0.1, 0.15) is 18.9 Å². The van der Waals surface area contributed by atoms with Crippen molar-refractivity contribution in [2.45, 2.75) is 19.9 Å². The molecule has 0 aliphatic rings. The topological polar surface area (TPSA) is 20.3 Å². The van der Waals surface area contributed by atoms with Crippen molar-refractivity contribution in [1.29, 1.82) is 0 Å². The van der Waals surface area contributed by atoms with E-state index in [1.165, 1.54) is 5.56 Å². The summed E-state index contributed by atoms with van der Waals surface area (Å²) >= 11 is 0. The van der Waals surface area contributed by atoms with E-state index in [-0.39, 0.29) is 5.78 Å². The van der Waals surface area contributed by atoms with Crippen LogP contribution in [0, 0.1) is 12.3 Å². The number of terminal acetylenes is 1. The van der Waals surface area contributed by atoms with Gasteiger partial charge in [0.05, 0.1) is 6.54 Å². The van der Waals surface area contributed by atoms with Crippen LogP contribution in [0.3, 0.4) is 0 Å². The normalized spacial score (nSPS) is 10.1. The van der Waals surface area contributed by atoms with E-state index in [9.17, 15) is 4.79 Å². The highest BCUT2D eigenvalue weighted by Gasteiger charge is 2.05. The van der Waals surface area contributed by atoms with Gasteiger partial charge in [-0.3, -0.25) is 9.69 Å². The number of carbonyl (C=O) groups excluding carboxylic acids is 1. The molecule has 1 rings (SSSR count). The molecule has 0 aromatic heterocycles. The van der Waals surface area contributed by atoms with Gasteiger partial charge in [-0.25, -0.2) is 0 Å². The maximum atomic E-state index is 10.9. The van der Waals surface area contributed by atoms with Gasteiger partial charge in [-0.15, -0.1) is 6.42 Å². The molecule has 0 spiro atoms. The lowest BCUT2D eigenvalue weighted by atomic mass is 10.2. The Bertz CT molecular complexity index is 364. The van der Waals surface area contributed by atoms with E-state index in [1.807, 2.05) is 18.2 Å². The maximum Gasteiger partial charge on any atom is 0.131 e. The second-order valence-corrected chi connectivity index (χ2v) is 3.85. The van der Waals surface area contributed by atoms with Crippen molar-refractivity contribution in [3.05, 3.63) is 35.9 Å². The van der Waals surface area contributed by atoms with Gasteiger partial charge in [0.2, 0.25) is 0 Å². The molecule has 1 aromatic rings. The van der Waals surface area contributed by atoms with Gasteiger partial charge in [-0.05, 0) is 12.5 Å². The number of hydrogen-bond donors (Lipinski definition) is 0. The summed E-state index contributed by atoms with van der Waals surface area (Å²) in [6, 6.07) is 10.1. The fraction of sp³-hybridized carbons (Fsp3) is 0.357. The minimum atomic E-state index is 0.204. The summed E-state index contributed by atoms with van der Waals surface area (Å²) in [5.74, 6) is 2.83. The first-order chi connectivity index (χ1) is 7.72. The fourth-order valence-electron chi connectivity index (χ4n) is 1.50. The molecule has 0 aliphatic heterocycles. The van der Waals surface area contributed by atoms with Gasteiger partial charge in [0, 0.05) is 19.5 Å². The van der Waals surface area contributed by atoms with Gasteiger partial charge >= 0.3 is 0 Å². The van der Waals surface area contributed by atoms with Crippen molar-refractivity contribution in [3.63, 3.8) is 0 Å². The van der Waals surface area contributed by atoms with Crippen LogP contribution in [-0.2, 0) is 11.3 Å². The van der Waals surface area contributed by atoms with Crippen LogP contribution >= 0.6 is 0 Å². The molecule has 0 unspecified atom stereocenters. The predicted molar refractivity (Wildman–Crippen MR) is 65.9 cm³/mol. The minimum Gasteiger partial charge on any atom is -0.300 e. The predicted octanol–water partition coefficient (Wildman–Crippen LogP) is 2.10. The average Bonchev–Trinajstić information content (AvgIpc) is 2.27. The first kappa shape index (κ1) is 12.5. The average molecular weight is 215 g/mol. The Morgan fingerprint density at radius 1 is 1.38 bits per heavy atom. The van der Waals surface area contributed by atoms with E-state index in [2.05, 4.69) is 23.0 Å². The van der Waals surface area contributed by atoms with Crippen molar-refractivity contribution in [3.8, 4) is 12.3 Å². The van der Waals surface area contributed by atoms with E-state index < -0.39 is 0 Å². The molecule has 0 bridgehead atoms. The van der Waals surface area contributed by atoms with Gasteiger partial charge in [0.1, 0.15) is 5.78 Å². The zero-order valence-electron chi connectivity index (χ0n) is 9.65. The Morgan fingerprint density at radius 3 is 2.62 bits per heavy atom. The Balaban J connectivity index is 2.51. The van der Waals surface area contributed by atoms with E-state index in [0.29, 0.717) is 13.0 Å². The summed E-state index contributed by atoms with van der Waals surface area (Å²) in [5, 5.41) is 0. The molecule has 0 saturated heterocycles. The lowest BCUT2D eigenvalue weighted by Gasteiger charge is -2.18. The van der Waals surface area contributed by atoms with Gasteiger partial charge in [-0.1, -0.05) is 36.3 Å². The first-order valence-corrected chi connectivity index (χ1v) is 5.41. The molecule has 0 saturated carbocycles. The second-order valence-electron chi connectivity index (χ2n) is 3.85. The molecule has 0 aliphatic carbocycles. The van der Waals surface area contributed by atoms with Crippen LogP contribution < -0.4 is 0 Å². The number of rotatable bonds is 6. The highest BCUT2D eigenvalue weighted by atomic mass is 16.1. The molecular weight excluding hydrogens is 198 g/mol. The van der Waals surface area contributed by atoms with Gasteiger partial charge in [-0.2, -0.15) is 0 Å². The molecule has 84 valence electrons. The standard InChI is InChI=1S/C14H17NO/c1-3-10-15(11-9-13(2)16)12-14-7-5-4-6-8-14/h1,4-8H,9-12H2,2H3. The number of hydrogen-bond acceptors (Lipinski definition) is 2. The monoisotopic (exact) mass is 215 g/mol. The molecule has 0 amide bonds. The molecule has 16 heavy (non-hydrogen) atoms. The van der Waals surface area contributed by atoms with Crippen molar-refractivity contribution < 1.29 is 4.79 Å². The Kier molecular flexibility index (Phi) is 5.31. The van der Waals surface area contributed by atoms with Crippen LogP contribution in [0.15, 0.2) is 30.3 Å². The number of benzene rings is 1. The molecule has 0 N–H and O–H groups in total. The van der Waals surface area contributed by atoms with Crippen LogP contribution in [-0.4, -0.2) is 23.8 Å².